The molecule has 1 aliphatic heterocycles. The highest BCUT2D eigenvalue weighted by atomic mass is 16.5. The first-order valence-corrected chi connectivity index (χ1v) is 7.81. The average Bonchev–Trinajstić information content (AvgIpc) is 3.04. The third-order valence-electron chi connectivity index (χ3n) is 4.29. The monoisotopic (exact) mass is 306 g/mol. The van der Waals surface area contributed by atoms with E-state index in [1.165, 1.54) is 5.56 Å². The third kappa shape index (κ3) is 2.62. The SMILES string of the molecule is OCc1ncn2c1CCc1cc(OCc3ccccc3)ccc1-2. The molecule has 2 aromatic carbocycles. The van der Waals surface area contributed by atoms with Gasteiger partial charge in [-0.25, -0.2) is 4.98 Å². The molecule has 4 rings (SSSR count). The second-order valence-corrected chi connectivity index (χ2v) is 5.73. The summed E-state index contributed by atoms with van der Waals surface area (Å²) in [5.74, 6) is 0.888. The Kier molecular flexibility index (Phi) is 3.60. The summed E-state index contributed by atoms with van der Waals surface area (Å²) < 4.78 is 7.98. The molecule has 0 bridgehead atoms. The smallest absolute Gasteiger partial charge is 0.120 e. The highest BCUT2D eigenvalue weighted by molar-refractivity contribution is 5.50. The van der Waals surface area contributed by atoms with Crippen molar-refractivity contribution in [1.82, 2.24) is 9.55 Å². The fraction of sp³-hybridized carbons (Fsp3) is 0.211. The van der Waals surface area contributed by atoms with Gasteiger partial charge < -0.3 is 14.4 Å². The molecule has 0 radical (unpaired) electrons. The average molecular weight is 306 g/mol. The minimum absolute atomic E-state index is 0.00403. The topological polar surface area (TPSA) is 47.3 Å². The first kappa shape index (κ1) is 14.0. The number of imidazole rings is 1. The maximum atomic E-state index is 9.36. The van der Waals surface area contributed by atoms with Crippen LogP contribution in [0, 0.1) is 0 Å². The molecule has 116 valence electrons. The maximum absolute atomic E-state index is 9.36. The number of aliphatic hydroxyl groups excluding tert-OH is 1. The van der Waals surface area contributed by atoms with Crippen LogP contribution in [-0.4, -0.2) is 14.7 Å². The number of aromatic nitrogens is 2. The predicted molar refractivity (Wildman–Crippen MR) is 87.7 cm³/mol. The van der Waals surface area contributed by atoms with Crippen LogP contribution in [0.3, 0.4) is 0 Å². The van der Waals surface area contributed by atoms with E-state index in [4.69, 9.17) is 4.74 Å². The summed E-state index contributed by atoms with van der Waals surface area (Å²) in [6, 6.07) is 16.3. The van der Waals surface area contributed by atoms with E-state index < -0.39 is 0 Å². The molecule has 4 heteroatoms. The zero-order chi connectivity index (χ0) is 15.6. The van der Waals surface area contributed by atoms with E-state index in [-0.39, 0.29) is 6.61 Å². The van der Waals surface area contributed by atoms with Crippen LogP contribution in [0.1, 0.15) is 22.5 Å². The van der Waals surface area contributed by atoms with Crippen LogP contribution < -0.4 is 4.74 Å². The predicted octanol–water partition coefficient (Wildman–Crippen LogP) is 3.04. The quantitative estimate of drug-likeness (QED) is 0.806. The van der Waals surface area contributed by atoms with E-state index in [2.05, 4.69) is 33.8 Å². The van der Waals surface area contributed by atoms with Gasteiger partial charge in [0.2, 0.25) is 0 Å². The van der Waals surface area contributed by atoms with Crippen molar-refractivity contribution in [2.24, 2.45) is 0 Å². The van der Waals surface area contributed by atoms with Crippen molar-refractivity contribution in [2.75, 3.05) is 0 Å². The molecule has 0 unspecified atom stereocenters. The Bertz CT molecular complexity index is 825. The van der Waals surface area contributed by atoms with Crippen LogP contribution in [0.25, 0.3) is 5.69 Å². The minimum atomic E-state index is -0.00403. The van der Waals surface area contributed by atoms with E-state index in [0.29, 0.717) is 6.61 Å². The summed E-state index contributed by atoms with van der Waals surface area (Å²) in [7, 11) is 0. The Balaban J connectivity index is 1.57. The summed E-state index contributed by atoms with van der Waals surface area (Å²) in [5, 5.41) is 9.36. The van der Waals surface area contributed by atoms with Crippen molar-refractivity contribution < 1.29 is 9.84 Å². The van der Waals surface area contributed by atoms with Crippen LogP contribution in [0.5, 0.6) is 5.75 Å². The highest BCUT2D eigenvalue weighted by Gasteiger charge is 2.19. The van der Waals surface area contributed by atoms with Gasteiger partial charge in [0.15, 0.2) is 0 Å². The van der Waals surface area contributed by atoms with Crippen LogP contribution in [-0.2, 0) is 26.1 Å². The molecule has 2 heterocycles. The lowest BCUT2D eigenvalue weighted by Gasteiger charge is -2.20. The van der Waals surface area contributed by atoms with Gasteiger partial charge in [-0.3, -0.25) is 0 Å². The summed E-state index contributed by atoms with van der Waals surface area (Å²) in [6.07, 6.45) is 3.63. The largest absolute Gasteiger partial charge is 0.489 e. The summed E-state index contributed by atoms with van der Waals surface area (Å²) >= 11 is 0. The zero-order valence-electron chi connectivity index (χ0n) is 12.8. The molecule has 0 spiro atoms. The molecule has 0 saturated heterocycles. The number of rotatable bonds is 4. The molecule has 1 N–H and O–H groups in total. The second kappa shape index (κ2) is 5.89. The summed E-state index contributed by atoms with van der Waals surface area (Å²) in [4.78, 5) is 4.30. The molecular weight excluding hydrogens is 288 g/mol. The highest BCUT2D eigenvalue weighted by Crippen LogP contribution is 2.29. The van der Waals surface area contributed by atoms with Gasteiger partial charge in [0.1, 0.15) is 12.4 Å². The number of hydrogen-bond acceptors (Lipinski definition) is 3. The van der Waals surface area contributed by atoms with Gasteiger partial charge in [-0.05, 0) is 42.2 Å². The van der Waals surface area contributed by atoms with E-state index >= 15 is 0 Å². The fourth-order valence-corrected chi connectivity index (χ4v) is 3.10. The Hall–Kier alpha value is -2.59. The van der Waals surface area contributed by atoms with Crippen molar-refractivity contribution in [3.05, 3.63) is 77.4 Å². The molecule has 3 aromatic rings. The Morgan fingerprint density at radius 2 is 1.96 bits per heavy atom. The Morgan fingerprint density at radius 3 is 2.78 bits per heavy atom. The zero-order valence-corrected chi connectivity index (χ0v) is 12.8. The third-order valence-corrected chi connectivity index (χ3v) is 4.29. The first-order chi connectivity index (χ1) is 11.3. The number of hydrogen-bond donors (Lipinski definition) is 1. The number of ether oxygens (including phenoxy) is 1. The summed E-state index contributed by atoms with van der Waals surface area (Å²) in [5.41, 5.74) is 5.43. The minimum Gasteiger partial charge on any atom is -0.489 e. The van der Waals surface area contributed by atoms with Crippen molar-refractivity contribution in [3.63, 3.8) is 0 Å². The van der Waals surface area contributed by atoms with E-state index in [9.17, 15) is 5.11 Å². The second-order valence-electron chi connectivity index (χ2n) is 5.73. The van der Waals surface area contributed by atoms with Gasteiger partial charge >= 0.3 is 0 Å². The lowest BCUT2D eigenvalue weighted by molar-refractivity contribution is 0.276. The fourth-order valence-electron chi connectivity index (χ4n) is 3.10. The molecule has 0 atom stereocenters. The van der Waals surface area contributed by atoms with Crippen LogP contribution in [0.4, 0.5) is 0 Å². The molecule has 0 fully saturated rings. The number of benzene rings is 2. The van der Waals surface area contributed by atoms with Crippen molar-refractivity contribution in [2.45, 2.75) is 26.1 Å². The molecule has 0 saturated carbocycles. The van der Waals surface area contributed by atoms with E-state index in [0.717, 1.165) is 41.2 Å². The Morgan fingerprint density at radius 1 is 1.09 bits per heavy atom. The summed E-state index contributed by atoms with van der Waals surface area (Å²) in [6.45, 7) is 0.570. The molecule has 23 heavy (non-hydrogen) atoms. The van der Waals surface area contributed by atoms with E-state index in [1.807, 2.05) is 24.3 Å². The normalized spacial score (nSPS) is 12.6. The number of nitrogens with zero attached hydrogens (tertiary/aromatic N) is 2. The number of fused-ring (bicyclic) bond motifs is 3. The number of aryl methyl sites for hydroxylation is 1. The molecule has 4 nitrogen and oxygen atoms in total. The van der Waals surface area contributed by atoms with Crippen molar-refractivity contribution in [1.29, 1.82) is 0 Å². The van der Waals surface area contributed by atoms with Crippen LogP contribution in [0.2, 0.25) is 0 Å². The number of aliphatic hydroxyl groups is 1. The lowest BCUT2D eigenvalue weighted by atomic mass is 10.0. The molecular formula is C19H18N2O2. The van der Waals surface area contributed by atoms with Gasteiger partial charge in [-0.1, -0.05) is 30.3 Å². The molecule has 0 amide bonds. The van der Waals surface area contributed by atoms with Gasteiger partial charge in [0.05, 0.1) is 24.3 Å². The van der Waals surface area contributed by atoms with Gasteiger partial charge in [0, 0.05) is 5.69 Å². The Labute approximate surface area is 135 Å². The van der Waals surface area contributed by atoms with Gasteiger partial charge in [-0.15, -0.1) is 0 Å². The van der Waals surface area contributed by atoms with Gasteiger partial charge in [0.25, 0.3) is 0 Å². The first-order valence-electron chi connectivity index (χ1n) is 7.81. The molecule has 0 aliphatic carbocycles. The van der Waals surface area contributed by atoms with Gasteiger partial charge in [-0.2, -0.15) is 0 Å². The molecule has 1 aromatic heterocycles. The van der Waals surface area contributed by atoms with Crippen molar-refractivity contribution in [3.8, 4) is 11.4 Å². The van der Waals surface area contributed by atoms with E-state index in [1.54, 1.807) is 6.33 Å². The maximum Gasteiger partial charge on any atom is 0.120 e. The van der Waals surface area contributed by atoms with Crippen LogP contribution in [0.15, 0.2) is 54.9 Å². The standard InChI is InChI=1S/C19H18N2O2/c22-11-17-19-8-6-15-10-16(7-9-18(15)21(19)13-20-17)23-12-14-4-2-1-3-5-14/h1-5,7,9-10,13,22H,6,8,11-12H2. The molecule has 1 aliphatic rings. The van der Waals surface area contributed by atoms with Crippen molar-refractivity contribution >= 4 is 0 Å². The lowest BCUT2D eigenvalue weighted by Crippen LogP contribution is -2.12. The van der Waals surface area contributed by atoms with Crippen LogP contribution >= 0.6 is 0 Å².